The molecule has 0 aromatic heterocycles. The Hall–Kier alpha value is -9.75. The van der Waals surface area contributed by atoms with E-state index in [4.69, 9.17) is 28.4 Å². The van der Waals surface area contributed by atoms with E-state index < -0.39 is 250 Å². The first-order chi connectivity index (χ1) is 35.7. The van der Waals surface area contributed by atoms with Gasteiger partial charge in [-0.05, 0) is 18.2 Å². The monoisotopic (exact) mass is 1070 g/mol. The van der Waals surface area contributed by atoms with E-state index >= 15 is 9.59 Å². The predicted molar refractivity (Wildman–Crippen MR) is 233 cm³/mol. The molecule has 6 bridgehead atoms. The van der Waals surface area contributed by atoms with Gasteiger partial charge in [0, 0.05) is 38.9 Å². The summed E-state index contributed by atoms with van der Waals surface area (Å²) in [5.41, 5.74) is -16.3. The average Bonchev–Trinajstić information content (AvgIpc) is 3.53. The fourth-order valence-corrected chi connectivity index (χ4v) is 9.99. The number of phenolic OH excluding ortho intramolecular Hbond substituents is 15. The molecule has 0 amide bonds. The number of hydrogen-bond acceptors (Lipinski definition) is 30. The van der Waals surface area contributed by atoms with Gasteiger partial charge < -0.3 is 125 Å². The van der Waals surface area contributed by atoms with Gasteiger partial charge in [-0.15, -0.1) is 0 Å². The largest absolute Gasteiger partial charge is 0.504 e. The third kappa shape index (κ3) is 6.61. The van der Waals surface area contributed by atoms with Crippen LogP contribution in [0.2, 0.25) is 0 Å². The molecule has 6 heterocycles. The lowest BCUT2D eigenvalue weighted by atomic mass is 9.71. The first kappa shape index (κ1) is 49.8. The molecule has 19 N–H and O–H groups in total. The number of aliphatic hydroxyl groups excluding tert-OH is 3. The van der Waals surface area contributed by atoms with E-state index in [1.807, 2.05) is 0 Å². The van der Waals surface area contributed by atoms with Crippen LogP contribution in [0, 0.1) is 0 Å². The number of aliphatic hydroxyl groups is 4. The van der Waals surface area contributed by atoms with Crippen molar-refractivity contribution in [2.24, 2.45) is 0 Å². The minimum Gasteiger partial charge on any atom is -0.504 e. The smallest absolute Gasteiger partial charge is 0.340 e. The second kappa shape index (κ2) is 16.6. The zero-order chi connectivity index (χ0) is 55.4. The highest BCUT2D eigenvalue weighted by Crippen LogP contribution is 2.63. The van der Waals surface area contributed by atoms with Crippen LogP contribution in [0.3, 0.4) is 0 Å². The van der Waals surface area contributed by atoms with E-state index in [9.17, 15) is 111 Å². The molecular formula is C46H34O30. The summed E-state index contributed by atoms with van der Waals surface area (Å²) in [6.07, 6.45) is -19.3. The van der Waals surface area contributed by atoms with Crippen LogP contribution in [0.1, 0.15) is 63.3 Å². The third-order valence-corrected chi connectivity index (χ3v) is 13.6. The second-order valence-corrected chi connectivity index (χ2v) is 17.6. The van der Waals surface area contributed by atoms with Crippen molar-refractivity contribution in [3.8, 4) is 120 Å². The molecule has 1 unspecified atom stereocenters. The molecular weight excluding hydrogens is 1030 g/mol. The Kier molecular flexibility index (Phi) is 10.9. The number of phenols is 15. The van der Waals surface area contributed by atoms with Gasteiger partial charge in [-0.25, -0.2) is 24.0 Å². The molecule has 0 aliphatic carbocycles. The normalized spacial score (nSPS) is 25.7. The lowest BCUT2D eigenvalue weighted by molar-refractivity contribution is -0.341. The van der Waals surface area contributed by atoms with Gasteiger partial charge in [0.05, 0.1) is 40.3 Å². The van der Waals surface area contributed by atoms with Gasteiger partial charge in [0.2, 0.25) is 34.5 Å². The Bertz CT molecular complexity index is 3510. The van der Waals surface area contributed by atoms with Crippen LogP contribution in [0.25, 0.3) is 33.4 Å². The Morgan fingerprint density at radius 1 is 0.395 bits per heavy atom. The lowest BCUT2D eigenvalue weighted by Crippen LogP contribution is -2.68. The number of benzene rings is 5. The fourth-order valence-electron chi connectivity index (χ4n) is 9.99. The minimum atomic E-state index is -3.72. The third-order valence-electron chi connectivity index (χ3n) is 13.6. The number of hydrogen-bond donors (Lipinski definition) is 19. The number of aromatic hydroxyl groups is 15. The van der Waals surface area contributed by atoms with Crippen molar-refractivity contribution in [3.05, 3.63) is 51.6 Å². The van der Waals surface area contributed by atoms with Crippen molar-refractivity contribution in [2.45, 2.75) is 54.4 Å². The van der Waals surface area contributed by atoms with Crippen molar-refractivity contribution in [1.82, 2.24) is 0 Å². The van der Waals surface area contributed by atoms with Crippen molar-refractivity contribution in [3.63, 3.8) is 0 Å². The van der Waals surface area contributed by atoms with Crippen LogP contribution >= 0.6 is 0 Å². The summed E-state index contributed by atoms with van der Waals surface area (Å²) in [6, 6.07) is 0.916. The minimum absolute atomic E-state index is 0.271. The highest BCUT2D eigenvalue weighted by Gasteiger charge is 2.65. The number of rotatable bonds is 1. The Balaban J connectivity index is 1.39. The number of fused-ring (bicyclic) bond motifs is 7. The Labute approximate surface area is 417 Å². The summed E-state index contributed by atoms with van der Waals surface area (Å²) in [5, 5.41) is 214. The second-order valence-electron chi connectivity index (χ2n) is 17.6. The zero-order valence-corrected chi connectivity index (χ0v) is 37.3. The maximum atomic E-state index is 15.5. The van der Waals surface area contributed by atoms with E-state index in [2.05, 4.69) is 0 Å². The van der Waals surface area contributed by atoms with Crippen molar-refractivity contribution in [2.75, 3.05) is 13.2 Å². The highest BCUT2D eigenvalue weighted by molar-refractivity contribution is 6.16. The fraction of sp³-hybridized carbons (Fsp3) is 0.239. The van der Waals surface area contributed by atoms with Gasteiger partial charge >= 0.3 is 29.8 Å². The Morgan fingerprint density at radius 3 is 1.32 bits per heavy atom. The van der Waals surface area contributed by atoms with Gasteiger partial charge in [0.25, 0.3) is 0 Å². The molecule has 30 heteroatoms. The number of ether oxygens (including phenoxy) is 6. The molecule has 30 nitrogen and oxygen atoms in total. The Morgan fingerprint density at radius 2 is 0.789 bits per heavy atom. The maximum Gasteiger partial charge on any atom is 0.340 e. The van der Waals surface area contributed by atoms with Crippen LogP contribution in [0.4, 0.5) is 0 Å². The van der Waals surface area contributed by atoms with Crippen molar-refractivity contribution in [1.29, 1.82) is 0 Å². The molecule has 5 aromatic rings. The standard InChI is InChI=1S/C46H34O30/c47-9-1-6-14(28(55)24(9)51)15-7(2-10(48)25(52)29(15)56)43(67)74-37-13(5-71-41(6)65)73-42(66)8-3-11(49)26(53)30(57)16(8)17-20-18(32(59)35(62)31(17)58)19-21-22(34(61)36(63)33(19)60)23(38(75-45(21)69)39(37)76-44(20)68)46(70)40(64)27(54)12(50)4-72-46/h1-3,12-13,23,27,37-40,47-64,70H,4-5H2/t12-,13-,23-,27+,37-,38-,39+,40-,46?/m0/s1. The average molecular weight is 1070 g/mol. The van der Waals surface area contributed by atoms with Gasteiger partial charge in [0.1, 0.15) is 24.9 Å². The van der Waals surface area contributed by atoms with Crippen LogP contribution in [0.5, 0.6) is 86.2 Å². The summed E-state index contributed by atoms with van der Waals surface area (Å²) in [7, 11) is 0. The topological polar surface area (TPSA) is 525 Å². The molecule has 398 valence electrons. The van der Waals surface area contributed by atoms with Crippen LogP contribution in [0.15, 0.2) is 18.2 Å². The molecule has 76 heavy (non-hydrogen) atoms. The van der Waals surface area contributed by atoms with Crippen LogP contribution in [-0.2, 0) is 28.4 Å². The van der Waals surface area contributed by atoms with Gasteiger partial charge in [-0.2, -0.15) is 0 Å². The molecule has 11 rings (SSSR count). The quantitative estimate of drug-likeness (QED) is 0.0553. The number of carbonyl (C=O) groups excluding carboxylic acids is 5. The number of cyclic esters (lactones) is 1. The van der Waals surface area contributed by atoms with Gasteiger partial charge in [0.15, 0.2) is 81.9 Å². The molecule has 0 radical (unpaired) electrons. The molecule has 9 atom stereocenters. The molecule has 1 saturated heterocycles. The zero-order valence-electron chi connectivity index (χ0n) is 37.3. The maximum absolute atomic E-state index is 15.5. The summed E-state index contributed by atoms with van der Waals surface area (Å²) in [6.45, 7) is -2.84. The van der Waals surface area contributed by atoms with Crippen molar-refractivity contribution >= 4 is 29.8 Å². The first-order valence-corrected chi connectivity index (χ1v) is 21.5. The molecule has 5 aromatic carbocycles. The van der Waals surface area contributed by atoms with E-state index in [0.717, 1.165) is 0 Å². The number of esters is 5. The van der Waals surface area contributed by atoms with Gasteiger partial charge in [-0.1, -0.05) is 0 Å². The summed E-state index contributed by atoms with van der Waals surface area (Å²) < 4.78 is 34.0. The molecule has 6 aliphatic heterocycles. The molecule has 6 aliphatic rings. The first-order valence-electron chi connectivity index (χ1n) is 21.5. The molecule has 0 saturated carbocycles. The summed E-state index contributed by atoms with van der Waals surface area (Å²) in [5.74, 6) is -40.7. The van der Waals surface area contributed by atoms with E-state index in [-0.39, 0.29) is 12.1 Å². The number of carbonyl (C=O) groups is 5. The SMILES string of the molecule is O=C1OC[C@@H]2OC(=O)c3cc(O)c(O)c(O)c3-c3c(O)c(O)c(O)c4c3C(=O)O[C@H]([C@H]2OC(=O)c2cc(O)c(O)c(O)c2-c2c1cc(O)c(O)c2O)[C@H]1OC(=O)c2c-4c(O)c(O)c(O)c2[C@@H]1C1(O)OC[C@H](O)[C@@H](O)[C@@H]1O. The van der Waals surface area contributed by atoms with Crippen LogP contribution < -0.4 is 0 Å². The van der Waals surface area contributed by atoms with Crippen molar-refractivity contribution < 1.29 is 149 Å². The van der Waals surface area contributed by atoms with E-state index in [1.54, 1.807) is 0 Å². The summed E-state index contributed by atoms with van der Waals surface area (Å²) >= 11 is 0. The van der Waals surface area contributed by atoms with Crippen LogP contribution in [-0.4, -0.2) is 189 Å². The summed E-state index contributed by atoms with van der Waals surface area (Å²) in [4.78, 5) is 74.4. The highest BCUT2D eigenvalue weighted by atomic mass is 16.7. The van der Waals surface area contributed by atoms with E-state index in [1.165, 1.54) is 0 Å². The van der Waals surface area contributed by atoms with Gasteiger partial charge in [-0.3, -0.25) is 0 Å². The van der Waals surface area contributed by atoms with E-state index in [0.29, 0.717) is 6.07 Å². The lowest BCUT2D eigenvalue weighted by Gasteiger charge is -2.51. The molecule has 0 spiro atoms. The predicted octanol–water partition coefficient (Wildman–Crippen LogP) is -0.830. The molecule has 1 fully saturated rings.